The molecule has 38 heavy (non-hydrogen) atoms. The van der Waals surface area contributed by atoms with E-state index in [-0.39, 0.29) is 30.6 Å². The summed E-state index contributed by atoms with van der Waals surface area (Å²) in [5.74, 6) is 0.647. The van der Waals surface area contributed by atoms with Crippen molar-refractivity contribution in [3.05, 3.63) is 119 Å². The van der Waals surface area contributed by atoms with Gasteiger partial charge in [0.2, 0.25) is 5.89 Å². The normalized spacial score (nSPS) is 11.5. The van der Waals surface area contributed by atoms with Crippen LogP contribution >= 0.6 is 0 Å². The predicted octanol–water partition coefficient (Wildman–Crippen LogP) is 6.18. The van der Waals surface area contributed by atoms with Gasteiger partial charge in [-0.25, -0.2) is 4.98 Å². The summed E-state index contributed by atoms with van der Waals surface area (Å²) in [5, 5.41) is 0. The lowest BCUT2D eigenvalue weighted by atomic mass is 10.1. The molecule has 1 heterocycles. The van der Waals surface area contributed by atoms with Crippen molar-refractivity contribution >= 4 is 5.91 Å². The Morgan fingerprint density at radius 3 is 2.34 bits per heavy atom. The first-order valence-electron chi connectivity index (χ1n) is 12.0. The predicted molar refractivity (Wildman–Crippen MR) is 136 cm³/mol. The maximum absolute atomic E-state index is 13.3. The molecule has 0 radical (unpaired) electrons. The van der Waals surface area contributed by atoms with E-state index in [1.54, 1.807) is 25.1 Å². The Bertz CT molecular complexity index is 1360. The van der Waals surface area contributed by atoms with Crippen LogP contribution in [0, 0.1) is 0 Å². The van der Waals surface area contributed by atoms with Crippen molar-refractivity contribution in [1.29, 1.82) is 0 Å². The summed E-state index contributed by atoms with van der Waals surface area (Å²) in [7, 11) is 3.25. The maximum atomic E-state index is 13.3. The number of rotatable bonds is 10. The van der Waals surface area contributed by atoms with Crippen molar-refractivity contribution in [1.82, 2.24) is 14.8 Å². The highest BCUT2D eigenvalue weighted by Crippen LogP contribution is 2.30. The Morgan fingerprint density at radius 1 is 0.895 bits per heavy atom. The molecule has 0 N–H and O–H groups in total. The first-order chi connectivity index (χ1) is 18.2. The van der Waals surface area contributed by atoms with E-state index >= 15 is 0 Å². The number of amides is 1. The molecule has 0 aliphatic heterocycles. The number of alkyl halides is 3. The monoisotopic (exact) mass is 523 g/mol. The highest BCUT2D eigenvalue weighted by atomic mass is 19.4. The van der Waals surface area contributed by atoms with Gasteiger partial charge in [-0.3, -0.25) is 9.69 Å². The minimum absolute atomic E-state index is 0.162. The van der Waals surface area contributed by atoms with Gasteiger partial charge in [0.05, 0.1) is 19.2 Å². The molecule has 0 aliphatic rings. The number of benzene rings is 3. The molecule has 0 saturated carbocycles. The highest BCUT2D eigenvalue weighted by Gasteiger charge is 2.30. The van der Waals surface area contributed by atoms with Gasteiger partial charge in [-0.15, -0.1) is 0 Å². The van der Waals surface area contributed by atoms with Crippen LogP contribution in [0.25, 0.3) is 0 Å². The average Bonchev–Trinajstić information content (AvgIpc) is 3.37. The molecule has 4 rings (SSSR count). The van der Waals surface area contributed by atoms with E-state index in [0.717, 1.165) is 23.3 Å². The van der Waals surface area contributed by atoms with Crippen molar-refractivity contribution in [2.75, 3.05) is 14.2 Å². The average molecular weight is 524 g/mol. The minimum atomic E-state index is -4.44. The third kappa shape index (κ3) is 7.01. The molecule has 0 aliphatic carbocycles. The summed E-state index contributed by atoms with van der Waals surface area (Å²) >= 11 is 0. The first kappa shape index (κ1) is 26.9. The number of nitrogens with zero attached hydrogens (tertiary/aromatic N) is 3. The summed E-state index contributed by atoms with van der Waals surface area (Å²) < 4.78 is 50.9. The van der Waals surface area contributed by atoms with E-state index in [0.29, 0.717) is 24.4 Å². The molecule has 0 atom stereocenters. The number of hydrogen-bond donors (Lipinski definition) is 0. The lowest BCUT2D eigenvalue weighted by molar-refractivity contribution is -0.137. The van der Waals surface area contributed by atoms with Crippen molar-refractivity contribution in [2.45, 2.75) is 32.4 Å². The molecule has 0 unspecified atom stereocenters. The van der Waals surface area contributed by atoms with Gasteiger partial charge in [-0.05, 0) is 23.3 Å². The third-order valence-electron chi connectivity index (χ3n) is 5.99. The Kier molecular flexibility index (Phi) is 8.48. The van der Waals surface area contributed by atoms with Gasteiger partial charge in [0.25, 0.3) is 5.91 Å². The molecule has 0 bridgehead atoms. The van der Waals surface area contributed by atoms with Crippen molar-refractivity contribution in [3.63, 3.8) is 0 Å². The van der Waals surface area contributed by atoms with Gasteiger partial charge < -0.3 is 14.1 Å². The molecule has 0 spiro atoms. The van der Waals surface area contributed by atoms with Crippen molar-refractivity contribution < 1.29 is 27.1 Å². The number of ether oxygens (including phenoxy) is 1. The standard InChI is InChI=1S/C29H28F3N3O3/c1-34(16-21-9-4-3-5-10-21)28(36)25-20-38-27(33-25)19-35(18-23-12-6-7-14-26(23)37-2)17-22-11-8-13-24(15-22)29(30,31)32/h3-15,20H,16-19H2,1-2H3. The van der Waals surface area contributed by atoms with Gasteiger partial charge in [-0.2, -0.15) is 13.2 Å². The number of halogens is 3. The zero-order valence-electron chi connectivity index (χ0n) is 21.1. The molecule has 9 heteroatoms. The molecule has 4 aromatic rings. The zero-order valence-corrected chi connectivity index (χ0v) is 21.1. The quantitative estimate of drug-likeness (QED) is 0.249. The lowest BCUT2D eigenvalue weighted by Crippen LogP contribution is -2.27. The second kappa shape index (κ2) is 12.0. The second-order valence-corrected chi connectivity index (χ2v) is 8.93. The number of hydrogen-bond acceptors (Lipinski definition) is 5. The van der Waals surface area contributed by atoms with Crippen molar-refractivity contribution in [3.8, 4) is 5.75 Å². The molecule has 1 amide bonds. The Balaban J connectivity index is 1.53. The molecule has 0 saturated heterocycles. The van der Waals surface area contributed by atoms with Crippen LogP contribution < -0.4 is 4.74 Å². The number of oxazole rings is 1. The van der Waals surface area contributed by atoms with Crippen LogP contribution in [0.3, 0.4) is 0 Å². The molecule has 1 aromatic heterocycles. The fourth-order valence-electron chi connectivity index (χ4n) is 4.14. The first-order valence-corrected chi connectivity index (χ1v) is 12.0. The van der Waals surface area contributed by atoms with Crippen LogP contribution in [0.4, 0.5) is 13.2 Å². The number of methoxy groups -OCH3 is 1. The second-order valence-electron chi connectivity index (χ2n) is 8.93. The van der Waals surface area contributed by atoms with Crippen molar-refractivity contribution in [2.24, 2.45) is 0 Å². The number of aromatic nitrogens is 1. The SMILES string of the molecule is COc1ccccc1CN(Cc1cccc(C(F)(F)F)c1)Cc1nc(C(=O)N(C)Cc2ccccc2)co1. The maximum Gasteiger partial charge on any atom is 0.416 e. The van der Waals surface area contributed by atoms with Gasteiger partial charge >= 0.3 is 6.18 Å². The summed E-state index contributed by atoms with van der Waals surface area (Å²) in [6.07, 6.45) is -3.13. The number of carbonyl (C=O) groups excluding carboxylic acids is 1. The fourth-order valence-corrected chi connectivity index (χ4v) is 4.14. The highest BCUT2D eigenvalue weighted by molar-refractivity contribution is 5.91. The van der Waals surface area contributed by atoms with Crippen LogP contribution in [0.5, 0.6) is 5.75 Å². The van der Waals surface area contributed by atoms with E-state index in [4.69, 9.17) is 9.15 Å². The van der Waals surface area contributed by atoms with E-state index in [1.165, 1.54) is 12.3 Å². The van der Waals surface area contributed by atoms with E-state index in [1.807, 2.05) is 59.5 Å². The van der Waals surface area contributed by atoms with E-state index in [9.17, 15) is 18.0 Å². The third-order valence-corrected chi connectivity index (χ3v) is 5.99. The van der Waals surface area contributed by atoms with Crippen LogP contribution in [0.15, 0.2) is 89.5 Å². The Hall–Kier alpha value is -4.11. The smallest absolute Gasteiger partial charge is 0.416 e. The van der Waals surface area contributed by atoms with Crippen LogP contribution in [-0.4, -0.2) is 34.8 Å². The number of para-hydroxylation sites is 1. The van der Waals surface area contributed by atoms with Gasteiger partial charge in [0.15, 0.2) is 5.69 Å². The van der Waals surface area contributed by atoms with Crippen LogP contribution in [0.2, 0.25) is 0 Å². The molecular formula is C29H28F3N3O3. The molecule has 0 fully saturated rings. The van der Waals surface area contributed by atoms with E-state index in [2.05, 4.69) is 4.98 Å². The fraction of sp³-hybridized carbons (Fsp3) is 0.241. The van der Waals surface area contributed by atoms with Gasteiger partial charge in [0, 0.05) is 32.2 Å². The molecular weight excluding hydrogens is 495 g/mol. The van der Waals surface area contributed by atoms with Gasteiger partial charge in [-0.1, -0.05) is 66.7 Å². The number of carbonyl (C=O) groups is 1. The summed E-state index contributed by atoms with van der Waals surface area (Å²) in [5.41, 5.74) is 1.77. The zero-order chi connectivity index (χ0) is 27.1. The largest absolute Gasteiger partial charge is 0.496 e. The van der Waals surface area contributed by atoms with Gasteiger partial charge in [0.1, 0.15) is 12.0 Å². The Morgan fingerprint density at radius 2 is 1.61 bits per heavy atom. The minimum Gasteiger partial charge on any atom is -0.496 e. The molecule has 6 nitrogen and oxygen atoms in total. The summed E-state index contributed by atoms with van der Waals surface area (Å²) in [6.45, 7) is 1.14. The Labute approximate surface area is 219 Å². The molecule has 3 aromatic carbocycles. The van der Waals surface area contributed by atoms with Crippen LogP contribution in [0.1, 0.15) is 38.6 Å². The summed E-state index contributed by atoms with van der Waals surface area (Å²) in [6, 6.07) is 22.2. The summed E-state index contributed by atoms with van der Waals surface area (Å²) in [4.78, 5) is 20.7. The van der Waals surface area contributed by atoms with E-state index < -0.39 is 11.7 Å². The topological polar surface area (TPSA) is 58.8 Å². The lowest BCUT2D eigenvalue weighted by Gasteiger charge is -2.22. The van der Waals surface area contributed by atoms with Crippen LogP contribution in [-0.2, 0) is 32.4 Å². The molecule has 198 valence electrons.